The molecule has 2 aromatic rings. The van der Waals surface area contributed by atoms with Gasteiger partial charge in [0.1, 0.15) is 11.6 Å². The van der Waals surface area contributed by atoms with E-state index < -0.39 is 24.1 Å². The summed E-state index contributed by atoms with van der Waals surface area (Å²) < 4.78 is 50.7. The molecule has 1 aromatic carbocycles. The predicted molar refractivity (Wildman–Crippen MR) is 112 cm³/mol. The second kappa shape index (κ2) is 9.83. The highest BCUT2D eigenvalue weighted by atomic mass is 19.4. The fourth-order valence-corrected chi connectivity index (χ4v) is 3.45. The van der Waals surface area contributed by atoms with Crippen molar-refractivity contribution < 1.29 is 27.4 Å². The number of rotatable bonds is 7. The Morgan fingerprint density at radius 1 is 1.19 bits per heavy atom. The normalized spacial score (nSPS) is 15.8. The molecule has 2 N–H and O–H groups in total. The summed E-state index contributed by atoms with van der Waals surface area (Å²) in [6, 6.07) is 4.57. The van der Waals surface area contributed by atoms with Crippen molar-refractivity contribution in [1.29, 1.82) is 0 Å². The number of halogens is 3. The van der Waals surface area contributed by atoms with Gasteiger partial charge in [0.05, 0.1) is 36.5 Å². The Kier molecular flexibility index (Phi) is 7.35. The molecule has 10 heteroatoms. The van der Waals surface area contributed by atoms with Crippen molar-refractivity contribution in [2.45, 2.75) is 58.7 Å². The van der Waals surface area contributed by atoms with Crippen molar-refractivity contribution in [3.05, 3.63) is 52.5 Å². The number of hydrogen-bond donors (Lipinski definition) is 2. The van der Waals surface area contributed by atoms with E-state index in [9.17, 15) is 18.0 Å². The first kappa shape index (κ1) is 23.9. The highest BCUT2D eigenvalue weighted by Crippen LogP contribution is 2.35. The number of aryl methyl sites for hydroxylation is 1. The molecule has 1 aliphatic heterocycles. The maximum absolute atomic E-state index is 13.1. The molecule has 0 radical (unpaired) electrons. The molecule has 2 heterocycles. The fourth-order valence-electron chi connectivity index (χ4n) is 3.45. The van der Waals surface area contributed by atoms with Gasteiger partial charge in [0.2, 0.25) is 5.91 Å². The molecule has 0 saturated carbocycles. The third kappa shape index (κ3) is 5.95. The van der Waals surface area contributed by atoms with Gasteiger partial charge in [-0.05, 0) is 45.4 Å². The molecule has 32 heavy (non-hydrogen) atoms. The number of anilines is 1. The second-order valence-electron chi connectivity index (χ2n) is 7.94. The molecule has 1 aliphatic rings. The van der Waals surface area contributed by atoms with Gasteiger partial charge in [0, 0.05) is 12.1 Å². The van der Waals surface area contributed by atoms with E-state index in [0.29, 0.717) is 41.7 Å². The predicted octanol–water partition coefficient (Wildman–Crippen LogP) is 4.09. The molecule has 1 atom stereocenters. The van der Waals surface area contributed by atoms with Crippen LogP contribution in [0.3, 0.4) is 0 Å². The number of carbonyl (C=O) groups is 1. The Hall–Kier alpha value is -2.72. The molecule has 174 valence electrons. The van der Waals surface area contributed by atoms with Crippen LogP contribution < -0.4 is 10.6 Å². The van der Waals surface area contributed by atoms with Crippen LogP contribution in [0.5, 0.6) is 0 Å². The second-order valence-corrected chi connectivity index (χ2v) is 7.94. The lowest BCUT2D eigenvalue weighted by atomic mass is 10.0. The van der Waals surface area contributed by atoms with Gasteiger partial charge in [-0.1, -0.05) is 12.1 Å². The van der Waals surface area contributed by atoms with Crippen molar-refractivity contribution in [2.75, 3.05) is 18.5 Å². The maximum Gasteiger partial charge on any atom is 0.416 e. The summed E-state index contributed by atoms with van der Waals surface area (Å²) in [5.41, 5.74) is 0.637. The number of nitrogens with zero attached hydrogens (tertiary/aromatic N) is 2. The molecule has 1 aromatic heterocycles. The van der Waals surface area contributed by atoms with Gasteiger partial charge < -0.3 is 20.1 Å². The minimum Gasteiger partial charge on any atom is -0.363 e. The lowest BCUT2D eigenvalue weighted by molar-refractivity contribution is -0.137. The van der Waals surface area contributed by atoms with Crippen LogP contribution in [0.1, 0.15) is 61.3 Å². The van der Waals surface area contributed by atoms with Crippen LogP contribution >= 0.6 is 0 Å². The van der Waals surface area contributed by atoms with Crippen molar-refractivity contribution >= 4 is 11.7 Å². The third-order valence-corrected chi connectivity index (χ3v) is 4.84. The lowest BCUT2D eigenvalue weighted by Crippen LogP contribution is -2.32. The first-order valence-corrected chi connectivity index (χ1v) is 10.4. The molecule has 3 rings (SSSR count). The molecule has 0 spiro atoms. The number of aromatic nitrogens is 2. The Morgan fingerprint density at radius 2 is 1.88 bits per heavy atom. The van der Waals surface area contributed by atoms with E-state index in [1.165, 1.54) is 6.07 Å². The zero-order valence-electron chi connectivity index (χ0n) is 18.4. The van der Waals surface area contributed by atoms with E-state index in [-0.39, 0.29) is 18.4 Å². The first-order valence-electron chi connectivity index (χ1n) is 10.4. The number of carbonyl (C=O) groups excluding carboxylic acids is 1. The summed E-state index contributed by atoms with van der Waals surface area (Å²) in [4.78, 5) is 21.3. The van der Waals surface area contributed by atoms with E-state index in [0.717, 1.165) is 12.1 Å². The summed E-state index contributed by atoms with van der Waals surface area (Å²) in [5.74, 6) is 0.564. The molecule has 7 nitrogen and oxygen atoms in total. The van der Waals surface area contributed by atoms with Crippen LogP contribution in [0.15, 0.2) is 24.3 Å². The Bertz CT molecular complexity index is 960. The topological polar surface area (TPSA) is 85.4 Å². The SMILES string of the molecule is Cc1nc(CC(=O)NC(C)C)c(C2OCCO2)c(N[C@H](C)c2cccc(C(F)(F)F)c2)n1. The highest BCUT2D eigenvalue weighted by molar-refractivity contribution is 5.79. The van der Waals surface area contributed by atoms with E-state index in [4.69, 9.17) is 9.47 Å². The van der Waals surface area contributed by atoms with Crippen LogP contribution in [0.2, 0.25) is 0 Å². The van der Waals surface area contributed by atoms with Gasteiger partial charge >= 0.3 is 6.18 Å². The average molecular weight is 452 g/mol. The summed E-state index contributed by atoms with van der Waals surface area (Å²) in [5, 5.41) is 5.99. The minimum atomic E-state index is -4.44. The number of benzene rings is 1. The number of hydrogen-bond acceptors (Lipinski definition) is 6. The quantitative estimate of drug-likeness (QED) is 0.658. The van der Waals surface area contributed by atoms with Gasteiger partial charge in [-0.2, -0.15) is 13.2 Å². The van der Waals surface area contributed by atoms with E-state index in [1.807, 2.05) is 13.8 Å². The fraction of sp³-hybridized carbons (Fsp3) is 0.500. The summed E-state index contributed by atoms with van der Waals surface area (Å²) in [6.45, 7) is 7.88. The minimum absolute atomic E-state index is 0.00723. The number of alkyl halides is 3. The van der Waals surface area contributed by atoms with E-state index >= 15 is 0 Å². The van der Waals surface area contributed by atoms with Gasteiger partial charge in [-0.15, -0.1) is 0 Å². The number of amides is 1. The van der Waals surface area contributed by atoms with Gasteiger partial charge in [-0.3, -0.25) is 4.79 Å². The number of nitrogens with one attached hydrogen (secondary N) is 2. The van der Waals surface area contributed by atoms with Crippen molar-refractivity contribution in [1.82, 2.24) is 15.3 Å². The molecule has 0 bridgehead atoms. The van der Waals surface area contributed by atoms with Gasteiger partial charge in [0.15, 0.2) is 6.29 Å². The zero-order valence-corrected chi connectivity index (χ0v) is 18.4. The van der Waals surface area contributed by atoms with Crippen LogP contribution in [-0.2, 0) is 26.9 Å². The maximum atomic E-state index is 13.1. The Morgan fingerprint density at radius 3 is 2.50 bits per heavy atom. The average Bonchev–Trinajstić information content (AvgIpc) is 3.20. The van der Waals surface area contributed by atoms with Gasteiger partial charge in [-0.25, -0.2) is 9.97 Å². The first-order chi connectivity index (χ1) is 15.0. The third-order valence-electron chi connectivity index (χ3n) is 4.84. The Labute approximate surface area is 184 Å². The van der Waals surface area contributed by atoms with Crippen LogP contribution in [0.4, 0.5) is 19.0 Å². The van der Waals surface area contributed by atoms with Crippen molar-refractivity contribution in [2.24, 2.45) is 0 Å². The summed E-state index contributed by atoms with van der Waals surface area (Å²) >= 11 is 0. The smallest absolute Gasteiger partial charge is 0.363 e. The zero-order chi connectivity index (χ0) is 23.5. The summed E-state index contributed by atoms with van der Waals surface area (Å²) in [7, 11) is 0. The van der Waals surface area contributed by atoms with Crippen LogP contribution in [0, 0.1) is 6.92 Å². The van der Waals surface area contributed by atoms with Crippen LogP contribution in [0.25, 0.3) is 0 Å². The van der Waals surface area contributed by atoms with E-state index in [1.54, 1.807) is 19.9 Å². The lowest BCUT2D eigenvalue weighted by Gasteiger charge is -2.23. The molecule has 0 aliphatic carbocycles. The number of ether oxygens (including phenoxy) is 2. The van der Waals surface area contributed by atoms with E-state index in [2.05, 4.69) is 20.6 Å². The van der Waals surface area contributed by atoms with Crippen molar-refractivity contribution in [3.63, 3.8) is 0 Å². The monoisotopic (exact) mass is 452 g/mol. The van der Waals surface area contributed by atoms with Gasteiger partial charge in [0.25, 0.3) is 0 Å². The molecular formula is C22H27F3N4O3. The molecule has 1 saturated heterocycles. The molecule has 1 fully saturated rings. The largest absolute Gasteiger partial charge is 0.416 e. The molecule has 1 amide bonds. The molecular weight excluding hydrogens is 425 g/mol. The van der Waals surface area contributed by atoms with Crippen molar-refractivity contribution in [3.8, 4) is 0 Å². The molecule has 0 unspecified atom stereocenters. The standard InChI is InChI=1S/C22H27F3N4O3/c1-12(2)26-18(30)11-17-19(21-31-8-9-32-21)20(29-14(4)28-17)27-13(3)15-6-5-7-16(10-15)22(23,24)25/h5-7,10,12-13,21H,8-9,11H2,1-4H3,(H,26,30)(H,27,28,29)/t13-/m1/s1. The van der Waals surface area contributed by atoms with Crippen LogP contribution in [-0.4, -0.2) is 35.1 Å². The Balaban J connectivity index is 1.95. The highest BCUT2D eigenvalue weighted by Gasteiger charge is 2.32. The summed E-state index contributed by atoms with van der Waals surface area (Å²) in [6.07, 6.45) is -5.21.